The number of thiophene rings is 1. The molecule has 0 spiro atoms. The Bertz CT molecular complexity index is 332. The number of halogens is 1. The normalized spacial score (nSPS) is 9.69. The van der Waals surface area contributed by atoms with E-state index < -0.39 is 0 Å². The molecule has 0 aromatic carbocycles. The molecule has 0 radical (unpaired) electrons. The number of rotatable bonds is 3. The van der Waals surface area contributed by atoms with Gasteiger partial charge in [0.15, 0.2) is 0 Å². The molecule has 1 N–H and O–H groups in total. The van der Waals surface area contributed by atoms with Crippen LogP contribution in [-0.4, -0.2) is 12.5 Å². The zero-order chi connectivity index (χ0) is 9.84. The zero-order valence-corrected chi connectivity index (χ0v) is 8.84. The monoisotopic (exact) mass is 215 g/mol. The molecule has 0 saturated heterocycles. The number of carbonyl (C=O) groups excluding carboxylic acids is 1. The van der Waals surface area contributed by atoms with Crippen LogP contribution in [0.2, 0.25) is 0 Å². The van der Waals surface area contributed by atoms with E-state index in [1.807, 2.05) is 17.7 Å². The summed E-state index contributed by atoms with van der Waals surface area (Å²) in [6.07, 6.45) is 0. The third-order valence-electron chi connectivity index (χ3n) is 1.54. The molecule has 1 heterocycles. The molecule has 0 saturated carbocycles. The number of amides is 1. The summed E-state index contributed by atoms with van der Waals surface area (Å²) < 4.78 is 0. The first-order valence-corrected chi connectivity index (χ1v) is 5.07. The van der Waals surface area contributed by atoms with Gasteiger partial charge in [0, 0.05) is 10.4 Å². The van der Waals surface area contributed by atoms with Crippen LogP contribution in [0.25, 0.3) is 0 Å². The summed E-state index contributed by atoms with van der Waals surface area (Å²) in [5.41, 5.74) is 1.70. The second-order valence-electron chi connectivity index (χ2n) is 2.67. The van der Waals surface area contributed by atoms with E-state index in [1.54, 1.807) is 0 Å². The number of carbonyl (C=O) groups is 1. The molecule has 1 rings (SSSR count). The van der Waals surface area contributed by atoms with Crippen LogP contribution in [0.1, 0.15) is 15.9 Å². The van der Waals surface area contributed by atoms with Crippen LogP contribution in [0.3, 0.4) is 0 Å². The Kier molecular flexibility index (Phi) is 3.51. The average Bonchev–Trinajstić information content (AvgIpc) is 2.47. The summed E-state index contributed by atoms with van der Waals surface area (Å²) in [6.45, 7) is 5.70. The minimum absolute atomic E-state index is 0.0967. The summed E-state index contributed by atoms with van der Waals surface area (Å²) in [7, 11) is 0. The second kappa shape index (κ2) is 4.44. The first-order chi connectivity index (χ1) is 6.11. The average molecular weight is 216 g/mol. The van der Waals surface area contributed by atoms with Crippen molar-refractivity contribution >= 4 is 28.8 Å². The van der Waals surface area contributed by atoms with Crippen LogP contribution < -0.4 is 5.32 Å². The SMILES string of the molecule is C=C(Cl)CNC(=O)c1cscc1C. The maximum absolute atomic E-state index is 11.4. The Morgan fingerprint density at radius 3 is 2.85 bits per heavy atom. The van der Waals surface area contributed by atoms with Gasteiger partial charge in [0.2, 0.25) is 0 Å². The van der Waals surface area contributed by atoms with Gasteiger partial charge in [-0.25, -0.2) is 0 Å². The quantitative estimate of drug-likeness (QED) is 0.825. The van der Waals surface area contributed by atoms with Crippen LogP contribution in [0, 0.1) is 6.92 Å². The van der Waals surface area contributed by atoms with E-state index in [0.717, 1.165) is 5.56 Å². The van der Waals surface area contributed by atoms with E-state index >= 15 is 0 Å². The van der Waals surface area contributed by atoms with Crippen LogP contribution in [0.4, 0.5) is 0 Å². The molecule has 0 aliphatic carbocycles. The summed E-state index contributed by atoms with van der Waals surface area (Å²) >= 11 is 7.03. The number of nitrogens with one attached hydrogen (secondary N) is 1. The Balaban J connectivity index is 2.59. The van der Waals surface area contributed by atoms with E-state index in [4.69, 9.17) is 11.6 Å². The molecule has 0 atom stereocenters. The van der Waals surface area contributed by atoms with E-state index in [1.165, 1.54) is 11.3 Å². The van der Waals surface area contributed by atoms with E-state index in [0.29, 0.717) is 17.1 Å². The van der Waals surface area contributed by atoms with Gasteiger partial charge in [-0.3, -0.25) is 4.79 Å². The predicted octanol–water partition coefficient (Wildman–Crippen LogP) is 2.54. The maximum Gasteiger partial charge on any atom is 0.252 e. The Morgan fingerprint density at radius 1 is 1.69 bits per heavy atom. The van der Waals surface area contributed by atoms with E-state index in [-0.39, 0.29) is 5.91 Å². The molecule has 0 fully saturated rings. The highest BCUT2D eigenvalue weighted by molar-refractivity contribution is 7.08. The third kappa shape index (κ3) is 2.86. The standard InChI is InChI=1S/C9H10ClNOS/c1-6-4-13-5-8(6)9(12)11-3-7(2)10/h4-5H,2-3H2,1H3,(H,11,12). The smallest absolute Gasteiger partial charge is 0.252 e. The fourth-order valence-electron chi connectivity index (χ4n) is 0.865. The van der Waals surface area contributed by atoms with Crippen LogP contribution in [-0.2, 0) is 0 Å². The molecule has 0 aliphatic rings. The van der Waals surface area contributed by atoms with E-state index in [2.05, 4.69) is 11.9 Å². The van der Waals surface area contributed by atoms with Crippen molar-refractivity contribution < 1.29 is 4.79 Å². The van der Waals surface area contributed by atoms with Crippen molar-refractivity contribution in [2.24, 2.45) is 0 Å². The van der Waals surface area contributed by atoms with Crippen molar-refractivity contribution in [1.29, 1.82) is 0 Å². The molecule has 4 heteroatoms. The number of hydrogen-bond donors (Lipinski definition) is 1. The highest BCUT2D eigenvalue weighted by Gasteiger charge is 2.08. The van der Waals surface area contributed by atoms with Gasteiger partial charge in [-0.1, -0.05) is 18.2 Å². The predicted molar refractivity (Wildman–Crippen MR) is 56.4 cm³/mol. The lowest BCUT2D eigenvalue weighted by Gasteiger charge is -2.02. The number of aryl methyl sites for hydroxylation is 1. The van der Waals surface area contributed by atoms with Gasteiger partial charge >= 0.3 is 0 Å². The molecule has 0 unspecified atom stereocenters. The molecule has 1 aromatic rings. The fourth-order valence-corrected chi connectivity index (χ4v) is 1.76. The molecule has 2 nitrogen and oxygen atoms in total. The third-order valence-corrected chi connectivity index (χ3v) is 2.54. The lowest BCUT2D eigenvalue weighted by atomic mass is 10.2. The van der Waals surface area contributed by atoms with Crippen molar-refractivity contribution in [2.45, 2.75) is 6.92 Å². The molecular weight excluding hydrogens is 206 g/mol. The minimum Gasteiger partial charge on any atom is -0.347 e. The Labute approximate surface area is 86.2 Å². The Morgan fingerprint density at radius 2 is 2.38 bits per heavy atom. The molecule has 1 amide bonds. The van der Waals surface area contributed by atoms with E-state index in [9.17, 15) is 4.79 Å². The van der Waals surface area contributed by atoms with Gasteiger partial charge in [-0.05, 0) is 17.9 Å². The van der Waals surface area contributed by atoms with Crippen molar-refractivity contribution in [3.8, 4) is 0 Å². The van der Waals surface area contributed by atoms with Gasteiger partial charge in [-0.2, -0.15) is 11.3 Å². The first-order valence-electron chi connectivity index (χ1n) is 3.75. The summed E-state index contributed by atoms with van der Waals surface area (Å²) in [4.78, 5) is 11.4. The van der Waals surface area contributed by atoms with Crippen molar-refractivity contribution in [1.82, 2.24) is 5.32 Å². The first kappa shape index (κ1) is 10.3. The molecular formula is C9H10ClNOS. The fraction of sp³-hybridized carbons (Fsp3) is 0.222. The van der Waals surface area contributed by atoms with Gasteiger partial charge in [0.05, 0.1) is 12.1 Å². The lowest BCUT2D eigenvalue weighted by Crippen LogP contribution is -2.24. The highest BCUT2D eigenvalue weighted by Crippen LogP contribution is 2.13. The van der Waals surface area contributed by atoms with Crippen molar-refractivity contribution in [2.75, 3.05) is 6.54 Å². The summed E-state index contributed by atoms with van der Waals surface area (Å²) in [5, 5.41) is 6.85. The topological polar surface area (TPSA) is 29.1 Å². The van der Waals surface area contributed by atoms with Gasteiger partial charge in [-0.15, -0.1) is 0 Å². The van der Waals surface area contributed by atoms with Crippen LogP contribution in [0.5, 0.6) is 0 Å². The molecule has 0 aliphatic heterocycles. The zero-order valence-electron chi connectivity index (χ0n) is 7.26. The molecule has 70 valence electrons. The van der Waals surface area contributed by atoms with Crippen molar-refractivity contribution in [3.05, 3.63) is 33.5 Å². The van der Waals surface area contributed by atoms with Gasteiger partial charge in [0.25, 0.3) is 5.91 Å². The van der Waals surface area contributed by atoms with Crippen LogP contribution in [0.15, 0.2) is 22.4 Å². The van der Waals surface area contributed by atoms with Gasteiger partial charge in [0.1, 0.15) is 0 Å². The highest BCUT2D eigenvalue weighted by atomic mass is 35.5. The van der Waals surface area contributed by atoms with Crippen LogP contribution >= 0.6 is 22.9 Å². The van der Waals surface area contributed by atoms with Gasteiger partial charge < -0.3 is 5.32 Å². The number of hydrogen-bond acceptors (Lipinski definition) is 2. The largest absolute Gasteiger partial charge is 0.347 e. The maximum atomic E-state index is 11.4. The lowest BCUT2D eigenvalue weighted by molar-refractivity contribution is 0.0957. The van der Waals surface area contributed by atoms with Crippen molar-refractivity contribution in [3.63, 3.8) is 0 Å². The minimum atomic E-state index is -0.0967. The summed E-state index contributed by atoms with van der Waals surface area (Å²) in [6, 6.07) is 0. The summed E-state index contributed by atoms with van der Waals surface area (Å²) in [5.74, 6) is -0.0967. The Hall–Kier alpha value is -0.800. The molecule has 1 aromatic heterocycles. The molecule has 0 bridgehead atoms. The molecule has 13 heavy (non-hydrogen) atoms. The second-order valence-corrected chi connectivity index (χ2v) is 3.95.